The molecule has 4 rings (SSSR count). The molecule has 4 aromatic rings. The molecular weight excluding hydrogens is 421 g/mol. The third-order valence-corrected chi connectivity index (χ3v) is 5.18. The Balaban J connectivity index is 1.40. The van der Waals surface area contributed by atoms with Crippen molar-refractivity contribution in [3.8, 4) is 11.5 Å². The van der Waals surface area contributed by atoms with Gasteiger partial charge >= 0.3 is 0 Å². The molecule has 0 fully saturated rings. The molecule has 1 aromatic heterocycles. The summed E-state index contributed by atoms with van der Waals surface area (Å²) in [6.45, 7) is 1.60. The van der Waals surface area contributed by atoms with E-state index in [0.717, 1.165) is 28.0 Å². The van der Waals surface area contributed by atoms with Gasteiger partial charge in [-0.15, -0.1) is 0 Å². The minimum Gasteiger partial charge on any atom is -0.493 e. The summed E-state index contributed by atoms with van der Waals surface area (Å²) in [6.07, 6.45) is 0. The lowest BCUT2D eigenvalue weighted by molar-refractivity contribution is 0.284. The summed E-state index contributed by atoms with van der Waals surface area (Å²) in [4.78, 5) is 7.88. The van der Waals surface area contributed by atoms with Gasteiger partial charge in [0.15, 0.2) is 11.5 Å². The maximum atomic E-state index is 6.48. The van der Waals surface area contributed by atoms with Crippen LogP contribution in [0.2, 0.25) is 10.0 Å². The molecule has 0 saturated heterocycles. The molecule has 0 aliphatic rings. The Kier molecular flexibility index (Phi) is 6.43. The average molecular weight is 442 g/mol. The normalized spacial score (nSPS) is 11.0. The van der Waals surface area contributed by atoms with Crippen LogP contribution < -0.4 is 14.8 Å². The van der Waals surface area contributed by atoms with E-state index in [1.807, 2.05) is 60.7 Å². The summed E-state index contributed by atoms with van der Waals surface area (Å²) in [5.74, 6) is 2.00. The van der Waals surface area contributed by atoms with Crippen LogP contribution >= 0.6 is 23.2 Å². The van der Waals surface area contributed by atoms with Gasteiger partial charge in [-0.25, -0.2) is 4.98 Å². The van der Waals surface area contributed by atoms with Crippen molar-refractivity contribution >= 4 is 34.2 Å². The number of ether oxygens (including phenoxy) is 2. The molecule has 5 nitrogen and oxygen atoms in total. The standard InChI is InChI=1S/C23H21Cl2N3O2/c1-29-21-11-16(12-26-13-22-27-19-4-2-3-5-20(19)28-22)10-18(25)23(21)30-14-15-6-8-17(24)9-7-15/h2-11,26H,12-14H2,1H3,(H,27,28). The van der Waals surface area contributed by atoms with E-state index < -0.39 is 0 Å². The van der Waals surface area contributed by atoms with Crippen LogP contribution in [0.15, 0.2) is 60.7 Å². The van der Waals surface area contributed by atoms with Gasteiger partial charge in [-0.05, 0) is 47.5 Å². The van der Waals surface area contributed by atoms with Gasteiger partial charge in [0.2, 0.25) is 0 Å². The first-order valence-corrected chi connectivity index (χ1v) is 10.3. The molecule has 0 atom stereocenters. The molecule has 0 bridgehead atoms. The predicted molar refractivity (Wildman–Crippen MR) is 120 cm³/mol. The first kappa shape index (κ1) is 20.5. The monoisotopic (exact) mass is 441 g/mol. The first-order valence-electron chi connectivity index (χ1n) is 9.50. The quantitative estimate of drug-likeness (QED) is 0.365. The molecule has 7 heteroatoms. The molecule has 154 valence electrons. The number of hydrogen-bond donors (Lipinski definition) is 2. The largest absolute Gasteiger partial charge is 0.493 e. The van der Waals surface area contributed by atoms with Crippen LogP contribution in [-0.2, 0) is 19.7 Å². The zero-order chi connectivity index (χ0) is 20.9. The van der Waals surface area contributed by atoms with Gasteiger partial charge < -0.3 is 19.8 Å². The maximum Gasteiger partial charge on any atom is 0.180 e. The third-order valence-electron chi connectivity index (χ3n) is 4.65. The van der Waals surface area contributed by atoms with Gasteiger partial charge in [0, 0.05) is 11.6 Å². The number of imidazole rings is 1. The molecule has 0 radical (unpaired) electrons. The van der Waals surface area contributed by atoms with Gasteiger partial charge in [-0.1, -0.05) is 47.5 Å². The fourth-order valence-corrected chi connectivity index (χ4v) is 3.58. The van der Waals surface area contributed by atoms with Crippen molar-refractivity contribution in [2.24, 2.45) is 0 Å². The van der Waals surface area contributed by atoms with Crippen molar-refractivity contribution in [1.29, 1.82) is 0 Å². The molecular formula is C23H21Cl2N3O2. The zero-order valence-corrected chi connectivity index (χ0v) is 17.9. The summed E-state index contributed by atoms with van der Waals surface area (Å²) in [7, 11) is 1.60. The Morgan fingerprint density at radius 1 is 0.967 bits per heavy atom. The van der Waals surface area contributed by atoms with E-state index in [2.05, 4.69) is 15.3 Å². The minimum absolute atomic E-state index is 0.372. The molecule has 0 aliphatic heterocycles. The van der Waals surface area contributed by atoms with E-state index >= 15 is 0 Å². The molecule has 0 amide bonds. The molecule has 0 unspecified atom stereocenters. The number of nitrogens with one attached hydrogen (secondary N) is 2. The van der Waals surface area contributed by atoms with E-state index in [4.69, 9.17) is 32.7 Å². The highest BCUT2D eigenvalue weighted by Crippen LogP contribution is 2.37. The van der Waals surface area contributed by atoms with Crippen molar-refractivity contribution in [3.05, 3.63) is 87.7 Å². The molecule has 1 heterocycles. The average Bonchev–Trinajstić information content (AvgIpc) is 3.16. The van der Waals surface area contributed by atoms with Crippen molar-refractivity contribution in [2.75, 3.05) is 7.11 Å². The Bertz CT molecular complexity index is 1110. The topological polar surface area (TPSA) is 59.2 Å². The summed E-state index contributed by atoms with van der Waals surface area (Å²) in [5, 5.41) is 4.57. The lowest BCUT2D eigenvalue weighted by Crippen LogP contribution is -2.14. The van der Waals surface area contributed by atoms with E-state index in [-0.39, 0.29) is 0 Å². The van der Waals surface area contributed by atoms with Crippen LogP contribution in [0.1, 0.15) is 17.0 Å². The van der Waals surface area contributed by atoms with Crippen LogP contribution in [0.25, 0.3) is 11.0 Å². The third kappa shape index (κ3) is 4.87. The smallest absolute Gasteiger partial charge is 0.180 e. The predicted octanol–water partition coefficient (Wildman–Crippen LogP) is 5.75. The van der Waals surface area contributed by atoms with E-state index in [9.17, 15) is 0 Å². The summed E-state index contributed by atoms with van der Waals surface area (Å²) in [6, 6.07) is 19.3. The number of methoxy groups -OCH3 is 1. The van der Waals surface area contributed by atoms with Crippen molar-refractivity contribution in [1.82, 2.24) is 15.3 Å². The summed E-state index contributed by atoms with van der Waals surface area (Å²) in [5.41, 5.74) is 3.98. The van der Waals surface area contributed by atoms with Gasteiger partial charge in [0.05, 0.1) is 29.7 Å². The number of aromatic nitrogens is 2. The zero-order valence-electron chi connectivity index (χ0n) is 16.4. The van der Waals surface area contributed by atoms with Gasteiger partial charge in [-0.3, -0.25) is 0 Å². The lowest BCUT2D eigenvalue weighted by atomic mass is 10.2. The van der Waals surface area contributed by atoms with Gasteiger partial charge in [0.25, 0.3) is 0 Å². The number of nitrogens with zero attached hydrogens (tertiary/aromatic N) is 1. The SMILES string of the molecule is COc1cc(CNCc2nc3ccccc3[nH]2)cc(Cl)c1OCc1ccc(Cl)cc1. The fraction of sp³-hybridized carbons (Fsp3) is 0.174. The fourth-order valence-electron chi connectivity index (χ4n) is 3.17. The number of H-pyrrole nitrogens is 1. The van der Waals surface area contributed by atoms with E-state index in [0.29, 0.717) is 41.2 Å². The number of halogens is 2. The first-order chi connectivity index (χ1) is 14.6. The second-order valence-corrected chi connectivity index (χ2v) is 7.67. The summed E-state index contributed by atoms with van der Waals surface area (Å²) >= 11 is 12.4. The van der Waals surface area contributed by atoms with Crippen molar-refractivity contribution in [3.63, 3.8) is 0 Å². The van der Waals surface area contributed by atoms with Gasteiger partial charge in [-0.2, -0.15) is 0 Å². The Hall–Kier alpha value is -2.73. The van der Waals surface area contributed by atoms with E-state index in [1.54, 1.807) is 7.11 Å². The number of benzene rings is 3. The Morgan fingerprint density at radius 2 is 1.77 bits per heavy atom. The van der Waals surface area contributed by atoms with E-state index in [1.165, 1.54) is 0 Å². The van der Waals surface area contributed by atoms with Crippen LogP contribution in [0.3, 0.4) is 0 Å². The number of para-hydroxylation sites is 2. The number of fused-ring (bicyclic) bond motifs is 1. The molecule has 0 aliphatic carbocycles. The Morgan fingerprint density at radius 3 is 2.53 bits per heavy atom. The van der Waals surface area contributed by atoms with Crippen LogP contribution in [-0.4, -0.2) is 17.1 Å². The Labute approximate surface area is 184 Å². The number of rotatable bonds is 8. The second kappa shape index (κ2) is 9.39. The van der Waals surface area contributed by atoms with Crippen LogP contribution in [0.5, 0.6) is 11.5 Å². The highest BCUT2D eigenvalue weighted by molar-refractivity contribution is 6.32. The summed E-state index contributed by atoms with van der Waals surface area (Å²) < 4.78 is 11.4. The number of hydrogen-bond acceptors (Lipinski definition) is 4. The van der Waals surface area contributed by atoms with Crippen LogP contribution in [0, 0.1) is 0 Å². The molecule has 3 aromatic carbocycles. The number of aromatic amines is 1. The van der Waals surface area contributed by atoms with Crippen molar-refractivity contribution in [2.45, 2.75) is 19.7 Å². The second-order valence-electron chi connectivity index (χ2n) is 6.83. The molecule has 0 saturated carbocycles. The lowest BCUT2D eigenvalue weighted by Gasteiger charge is -2.14. The molecule has 30 heavy (non-hydrogen) atoms. The maximum absolute atomic E-state index is 6.48. The molecule has 2 N–H and O–H groups in total. The van der Waals surface area contributed by atoms with Crippen molar-refractivity contribution < 1.29 is 9.47 Å². The highest BCUT2D eigenvalue weighted by atomic mass is 35.5. The minimum atomic E-state index is 0.372. The molecule has 0 spiro atoms. The van der Waals surface area contributed by atoms with Crippen LogP contribution in [0.4, 0.5) is 0 Å². The highest BCUT2D eigenvalue weighted by Gasteiger charge is 2.13. The van der Waals surface area contributed by atoms with Gasteiger partial charge in [0.1, 0.15) is 12.4 Å².